The quantitative estimate of drug-likeness (QED) is 0.923. The summed E-state index contributed by atoms with van der Waals surface area (Å²) in [5.74, 6) is 0.696. The molecule has 1 aliphatic rings. The van der Waals surface area contributed by atoms with Gasteiger partial charge in [-0.05, 0) is 46.9 Å². The van der Waals surface area contributed by atoms with E-state index in [1.54, 1.807) is 6.07 Å². The molecule has 1 aromatic heterocycles. The lowest BCUT2D eigenvalue weighted by Crippen LogP contribution is -2.42. The maximum Gasteiger partial charge on any atom is 0.414 e. The van der Waals surface area contributed by atoms with Crippen LogP contribution >= 0.6 is 0 Å². The Morgan fingerprint density at radius 2 is 2.17 bits per heavy atom. The zero-order valence-corrected chi connectivity index (χ0v) is 14.7. The molecule has 1 atom stereocenters. The Kier molecular flexibility index (Phi) is 5.59. The summed E-state index contributed by atoms with van der Waals surface area (Å²) in [6, 6.07) is 3.76. The van der Waals surface area contributed by atoms with Crippen molar-refractivity contribution in [2.24, 2.45) is 0 Å². The SMILES string of the molecule is CN(C)Cc1nc(OC(=O)NC(C)(C)C)ccc1[C@H]1CCOC1. The second-order valence-electron chi connectivity index (χ2n) is 7.25. The molecule has 0 unspecified atom stereocenters. The van der Waals surface area contributed by atoms with Gasteiger partial charge in [0.05, 0.1) is 12.3 Å². The van der Waals surface area contributed by atoms with Crippen molar-refractivity contribution < 1.29 is 14.3 Å². The van der Waals surface area contributed by atoms with Crippen LogP contribution in [0, 0.1) is 0 Å². The number of amides is 1. The van der Waals surface area contributed by atoms with Crippen molar-refractivity contribution in [2.45, 2.75) is 45.2 Å². The lowest BCUT2D eigenvalue weighted by molar-refractivity contribution is 0.188. The molecule has 0 aromatic carbocycles. The van der Waals surface area contributed by atoms with Crippen LogP contribution in [-0.4, -0.2) is 48.8 Å². The van der Waals surface area contributed by atoms with Gasteiger partial charge in [-0.1, -0.05) is 6.07 Å². The maximum atomic E-state index is 11.9. The summed E-state index contributed by atoms with van der Waals surface area (Å²) in [5.41, 5.74) is 1.77. The van der Waals surface area contributed by atoms with Crippen molar-refractivity contribution in [2.75, 3.05) is 27.3 Å². The third-order valence-electron chi connectivity index (χ3n) is 3.49. The molecule has 0 bridgehead atoms. The highest BCUT2D eigenvalue weighted by atomic mass is 16.6. The van der Waals surface area contributed by atoms with Gasteiger partial charge in [0.1, 0.15) is 0 Å². The fourth-order valence-corrected chi connectivity index (χ4v) is 2.55. The molecular weight excluding hydrogens is 294 g/mol. The summed E-state index contributed by atoms with van der Waals surface area (Å²) < 4.78 is 10.8. The number of hydrogen-bond donors (Lipinski definition) is 1. The average molecular weight is 321 g/mol. The zero-order chi connectivity index (χ0) is 17.0. The van der Waals surface area contributed by atoms with Crippen LogP contribution in [0.15, 0.2) is 12.1 Å². The number of rotatable bonds is 4. The van der Waals surface area contributed by atoms with Crippen LogP contribution in [0.25, 0.3) is 0 Å². The molecule has 128 valence electrons. The van der Waals surface area contributed by atoms with E-state index < -0.39 is 6.09 Å². The number of carbonyl (C=O) groups excluding carboxylic acids is 1. The summed E-state index contributed by atoms with van der Waals surface area (Å²) in [7, 11) is 3.99. The minimum absolute atomic E-state index is 0.325. The molecule has 23 heavy (non-hydrogen) atoms. The van der Waals surface area contributed by atoms with Crippen LogP contribution in [0.2, 0.25) is 0 Å². The lowest BCUT2D eigenvalue weighted by atomic mass is 9.96. The first-order chi connectivity index (χ1) is 10.7. The van der Waals surface area contributed by atoms with Gasteiger partial charge < -0.3 is 19.7 Å². The maximum absolute atomic E-state index is 11.9. The van der Waals surface area contributed by atoms with Crippen LogP contribution in [0.4, 0.5) is 4.79 Å². The summed E-state index contributed by atoms with van der Waals surface area (Å²) in [5, 5.41) is 2.77. The van der Waals surface area contributed by atoms with Gasteiger partial charge in [0.25, 0.3) is 0 Å². The standard InChI is InChI=1S/C17H27N3O3/c1-17(2,3)19-16(21)23-15-7-6-13(12-8-9-22-11-12)14(18-15)10-20(4)5/h6-7,12H,8-11H2,1-5H3,(H,19,21)/t12-/m0/s1. The highest BCUT2D eigenvalue weighted by molar-refractivity contribution is 5.70. The predicted octanol–water partition coefficient (Wildman–Crippen LogP) is 2.53. The summed E-state index contributed by atoms with van der Waals surface area (Å²) >= 11 is 0. The number of nitrogens with one attached hydrogen (secondary N) is 1. The van der Waals surface area contributed by atoms with Crippen LogP contribution in [0.1, 0.15) is 44.4 Å². The molecule has 1 amide bonds. The van der Waals surface area contributed by atoms with E-state index in [1.807, 2.05) is 40.9 Å². The van der Waals surface area contributed by atoms with Crippen molar-refractivity contribution in [3.05, 3.63) is 23.4 Å². The fourth-order valence-electron chi connectivity index (χ4n) is 2.55. The molecule has 1 saturated heterocycles. The normalized spacial score (nSPS) is 18.3. The van der Waals surface area contributed by atoms with Crippen molar-refractivity contribution in [3.8, 4) is 5.88 Å². The molecule has 1 N–H and O–H groups in total. The molecule has 0 saturated carbocycles. The van der Waals surface area contributed by atoms with E-state index in [0.29, 0.717) is 18.3 Å². The minimum atomic E-state index is -0.488. The second kappa shape index (κ2) is 7.27. The molecule has 1 aliphatic heterocycles. The second-order valence-corrected chi connectivity index (χ2v) is 7.25. The molecular formula is C17H27N3O3. The van der Waals surface area contributed by atoms with Gasteiger partial charge in [-0.15, -0.1) is 0 Å². The third kappa shape index (κ3) is 5.48. The number of hydrogen-bond acceptors (Lipinski definition) is 5. The van der Waals surface area contributed by atoms with Crippen LogP contribution in [0.3, 0.4) is 0 Å². The van der Waals surface area contributed by atoms with E-state index in [-0.39, 0.29) is 5.54 Å². The molecule has 2 rings (SSSR count). The molecule has 6 heteroatoms. The molecule has 1 aromatic rings. The van der Waals surface area contributed by atoms with E-state index >= 15 is 0 Å². The van der Waals surface area contributed by atoms with E-state index in [1.165, 1.54) is 5.56 Å². The number of carbonyl (C=O) groups is 1. The Morgan fingerprint density at radius 3 is 2.74 bits per heavy atom. The van der Waals surface area contributed by atoms with Crippen LogP contribution in [-0.2, 0) is 11.3 Å². The first kappa shape index (κ1) is 17.7. The molecule has 2 heterocycles. The van der Waals surface area contributed by atoms with Gasteiger partial charge in [0.15, 0.2) is 0 Å². The van der Waals surface area contributed by atoms with Gasteiger partial charge in [0, 0.05) is 30.7 Å². The monoisotopic (exact) mass is 321 g/mol. The lowest BCUT2D eigenvalue weighted by Gasteiger charge is -2.20. The van der Waals surface area contributed by atoms with Crippen LogP contribution < -0.4 is 10.1 Å². The van der Waals surface area contributed by atoms with Gasteiger partial charge in [-0.25, -0.2) is 9.78 Å². The largest absolute Gasteiger partial charge is 0.414 e. The van der Waals surface area contributed by atoms with Crippen LogP contribution in [0.5, 0.6) is 5.88 Å². The number of nitrogens with zero attached hydrogens (tertiary/aromatic N) is 2. The minimum Gasteiger partial charge on any atom is -0.391 e. The number of ether oxygens (including phenoxy) is 2. The molecule has 0 spiro atoms. The molecule has 0 radical (unpaired) electrons. The van der Waals surface area contributed by atoms with E-state index in [9.17, 15) is 4.79 Å². The van der Waals surface area contributed by atoms with E-state index in [4.69, 9.17) is 9.47 Å². The Bertz CT molecular complexity index is 547. The molecule has 6 nitrogen and oxygen atoms in total. The van der Waals surface area contributed by atoms with Crippen molar-refractivity contribution in [1.82, 2.24) is 15.2 Å². The number of aromatic nitrogens is 1. The smallest absolute Gasteiger partial charge is 0.391 e. The predicted molar refractivity (Wildman–Crippen MR) is 88.7 cm³/mol. The topological polar surface area (TPSA) is 63.7 Å². The van der Waals surface area contributed by atoms with Crippen molar-refractivity contribution in [3.63, 3.8) is 0 Å². The summed E-state index contributed by atoms with van der Waals surface area (Å²) in [6.45, 7) is 7.93. The number of pyridine rings is 1. The highest BCUT2D eigenvalue weighted by Crippen LogP contribution is 2.29. The fraction of sp³-hybridized carbons (Fsp3) is 0.647. The Morgan fingerprint density at radius 1 is 1.43 bits per heavy atom. The molecule has 0 aliphatic carbocycles. The highest BCUT2D eigenvalue weighted by Gasteiger charge is 2.23. The zero-order valence-electron chi connectivity index (χ0n) is 14.7. The third-order valence-corrected chi connectivity index (χ3v) is 3.49. The van der Waals surface area contributed by atoms with Gasteiger partial charge in [-0.3, -0.25) is 0 Å². The Hall–Kier alpha value is -1.66. The summed E-state index contributed by atoms with van der Waals surface area (Å²) in [6.07, 6.45) is 0.519. The molecule has 1 fully saturated rings. The average Bonchev–Trinajstić information content (AvgIpc) is 2.89. The Balaban J connectivity index is 2.16. The Labute approximate surface area is 138 Å². The van der Waals surface area contributed by atoms with Gasteiger partial charge >= 0.3 is 6.09 Å². The summed E-state index contributed by atoms with van der Waals surface area (Å²) in [4.78, 5) is 18.5. The van der Waals surface area contributed by atoms with Gasteiger partial charge in [-0.2, -0.15) is 0 Å². The van der Waals surface area contributed by atoms with E-state index in [2.05, 4.69) is 15.2 Å². The van der Waals surface area contributed by atoms with Crippen molar-refractivity contribution in [1.29, 1.82) is 0 Å². The van der Waals surface area contributed by atoms with E-state index in [0.717, 1.165) is 25.3 Å². The first-order valence-corrected chi connectivity index (χ1v) is 7.97. The first-order valence-electron chi connectivity index (χ1n) is 7.97. The van der Waals surface area contributed by atoms with Gasteiger partial charge in [0.2, 0.25) is 5.88 Å². The van der Waals surface area contributed by atoms with Crippen molar-refractivity contribution >= 4 is 6.09 Å².